The van der Waals surface area contributed by atoms with Crippen LogP contribution in [0, 0.1) is 0 Å². The molecule has 7 nitrogen and oxygen atoms in total. The van der Waals surface area contributed by atoms with Crippen molar-refractivity contribution in [3.05, 3.63) is 11.2 Å². The lowest BCUT2D eigenvalue weighted by atomic mass is 10.2. The highest BCUT2D eigenvalue weighted by atomic mass is 32.1. The number of likely N-dealkylation sites (N-methyl/N-ethyl adjacent to an activating group) is 1. The molecule has 1 atom stereocenters. The van der Waals surface area contributed by atoms with Gasteiger partial charge in [0.05, 0.1) is 6.04 Å². The van der Waals surface area contributed by atoms with E-state index >= 15 is 0 Å². The smallest absolute Gasteiger partial charge is 0.279 e. The third-order valence-corrected chi connectivity index (χ3v) is 3.21. The summed E-state index contributed by atoms with van der Waals surface area (Å²) in [4.78, 5) is 6.46. The second-order valence-corrected chi connectivity index (χ2v) is 4.45. The van der Waals surface area contributed by atoms with E-state index in [-0.39, 0.29) is 6.04 Å². The molecule has 0 bridgehead atoms. The van der Waals surface area contributed by atoms with E-state index in [1.807, 2.05) is 0 Å². The van der Waals surface area contributed by atoms with E-state index < -0.39 is 0 Å². The van der Waals surface area contributed by atoms with Gasteiger partial charge in [-0.3, -0.25) is 0 Å². The molecule has 1 unspecified atom stereocenters. The third kappa shape index (κ3) is 2.89. The highest BCUT2D eigenvalue weighted by molar-refractivity contribution is 7.03. The van der Waals surface area contributed by atoms with Crippen LogP contribution in [0.5, 0.6) is 0 Å². The molecular formula is C10H16N6OS. The van der Waals surface area contributed by atoms with Crippen LogP contribution in [0.3, 0.4) is 0 Å². The fraction of sp³-hybridized carbons (Fsp3) is 0.600. The Balaban J connectivity index is 2.05. The van der Waals surface area contributed by atoms with Gasteiger partial charge >= 0.3 is 0 Å². The maximum atomic E-state index is 6.05. The minimum Gasteiger partial charge on any atom is -0.332 e. The van der Waals surface area contributed by atoms with E-state index in [1.54, 1.807) is 5.38 Å². The summed E-state index contributed by atoms with van der Waals surface area (Å²) in [5, 5.41) is 9.52. The summed E-state index contributed by atoms with van der Waals surface area (Å²) in [6, 6.07) is -0.256. The molecule has 0 aliphatic heterocycles. The predicted octanol–water partition coefficient (Wildman–Crippen LogP) is 0.930. The Bertz CT molecular complexity index is 466. The summed E-state index contributed by atoms with van der Waals surface area (Å²) in [6.07, 6.45) is 0. The van der Waals surface area contributed by atoms with E-state index in [0.717, 1.165) is 13.1 Å². The Kier molecular flexibility index (Phi) is 4.34. The fourth-order valence-corrected chi connectivity index (χ4v) is 2.02. The Labute approximate surface area is 109 Å². The lowest BCUT2D eigenvalue weighted by Gasteiger charge is -2.20. The summed E-state index contributed by atoms with van der Waals surface area (Å²) >= 11 is 1.24. The van der Waals surface area contributed by atoms with Crippen LogP contribution in [0.15, 0.2) is 9.90 Å². The van der Waals surface area contributed by atoms with Gasteiger partial charge in [0, 0.05) is 11.9 Å². The number of hydrogen-bond donors (Lipinski definition) is 1. The SMILES string of the molecule is CCN(CC)CC(N)c1noc(-c2csnn2)n1. The molecule has 0 amide bonds. The van der Waals surface area contributed by atoms with E-state index in [9.17, 15) is 0 Å². The minimum atomic E-state index is -0.256. The molecule has 2 rings (SSSR count). The molecule has 2 N–H and O–H groups in total. The molecular weight excluding hydrogens is 252 g/mol. The van der Waals surface area contributed by atoms with Crippen molar-refractivity contribution >= 4 is 11.5 Å². The maximum absolute atomic E-state index is 6.05. The van der Waals surface area contributed by atoms with Crippen LogP contribution >= 0.6 is 11.5 Å². The Morgan fingerprint density at radius 3 is 2.83 bits per heavy atom. The van der Waals surface area contributed by atoms with Crippen LogP contribution in [0.4, 0.5) is 0 Å². The number of rotatable bonds is 6. The molecule has 0 aliphatic carbocycles. The van der Waals surface area contributed by atoms with E-state index in [2.05, 4.69) is 38.5 Å². The number of nitrogens with two attached hydrogens (primary N) is 1. The van der Waals surface area contributed by atoms with Crippen LogP contribution in [0.1, 0.15) is 25.7 Å². The molecule has 0 aromatic carbocycles. The van der Waals surface area contributed by atoms with Crippen molar-refractivity contribution in [2.75, 3.05) is 19.6 Å². The van der Waals surface area contributed by atoms with Gasteiger partial charge in [0.25, 0.3) is 5.89 Å². The first-order valence-electron chi connectivity index (χ1n) is 5.83. The second kappa shape index (κ2) is 5.98. The van der Waals surface area contributed by atoms with Gasteiger partial charge in [0.15, 0.2) is 11.5 Å². The highest BCUT2D eigenvalue weighted by Gasteiger charge is 2.18. The maximum Gasteiger partial charge on any atom is 0.279 e. The van der Waals surface area contributed by atoms with Gasteiger partial charge in [-0.1, -0.05) is 23.5 Å². The molecule has 0 aliphatic rings. The average molecular weight is 268 g/mol. The van der Waals surface area contributed by atoms with Crippen molar-refractivity contribution in [1.82, 2.24) is 24.6 Å². The highest BCUT2D eigenvalue weighted by Crippen LogP contribution is 2.17. The fourth-order valence-electron chi connectivity index (χ4n) is 1.59. The zero-order chi connectivity index (χ0) is 13.0. The van der Waals surface area contributed by atoms with Crippen molar-refractivity contribution in [3.63, 3.8) is 0 Å². The monoisotopic (exact) mass is 268 g/mol. The second-order valence-electron chi connectivity index (χ2n) is 3.84. The molecule has 18 heavy (non-hydrogen) atoms. The van der Waals surface area contributed by atoms with Crippen molar-refractivity contribution in [2.45, 2.75) is 19.9 Å². The van der Waals surface area contributed by atoms with Crippen molar-refractivity contribution in [3.8, 4) is 11.6 Å². The van der Waals surface area contributed by atoms with Gasteiger partial charge in [-0.15, -0.1) is 5.10 Å². The normalized spacial score (nSPS) is 13.1. The van der Waals surface area contributed by atoms with Crippen LogP contribution in [0.25, 0.3) is 11.6 Å². The molecule has 0 saturated heterocycles. The summed E-state index contributed by atoms with van der Waals surface area (Å²) in [5.74, 6) is 0.874. The molecule has 2 heterocycles. The Morgan fingerprint density at radius 1 is 1.44 bits per heavy atom. The first kappa shape index (κ1) is 13.1. The third-order valence-electron chi connectivity index (χ3n) is 2.70. The molecule has 0 spiro atoms. The van der Waals surface area contributed by atoms with Crippen LogP contribution < -0.4 is 5.73 Å². The molecule has 0 fully saturated rings. The topological polar surface area (TPSA) is 94.0 Å². The van der Waals surface area contributed by atoms with Gasteiger partial charge in [-0.2, -0.15) is 4.98 Å². The summed E-state index contributed by atoms with van der Waals surface area (Å²) in [6.45, 7) is 6.80. The van der Waals surface area contributed by atoms with E-state index in [4.69, 9.17) is 10.3 Å². The van der Waals surface area contributed by atoms with Gasteiger partial charge < -0.3 is 15.2 Å². The van der Waals surface area contributed by atoms with E-state index in [1.165, 1.54) is 11.5 Å². The average Bonchev–Trinajstić information content (AvgIpc) is 3.04. The van der Waals surface area contributed by atoms with Crippen molar-refractivity contribution < 1.29 is 4.52 Å². The first-order valence-corrected chi connectivity index (χ1v) is 6.67. The summed E-state index contributed by atoms with van der Waals surface area (Å²) in [7, 11) is 0. The Morgan fingerprint density at radius 2 is 2.22 bits per heavy atom. The lowest BCUT2D eigenvalue weighted by molar-refractivity contribution is 0.278. The number of hydrogen-bond acceptors (Lipinski definition) is 8. The first-order chi connectivity index (χ1) is 8.74. The largest absolute Gasteiger partial charge is 0.332 e. The molecule has 0 saturated carbocycles. The molecule has 8 heteroatoms. The summed E-state index contributed by atoms with van der Waals surface area (Å²) in [5.41, 5.74) is 6.65. The Hall–Kier alpha value is -1.38. The molecule has 2 aromatic heterocycles. The van der Waals surface area contributed by atoms with Crippen molar-refractivity contribution in [1.29, 1.82) is 0 Å². The quantitative estimate of drug-likeness (QED) is 0.832. The molecule has 2 aromatic rings. The number of aromatic nitrogens is 4. The zero-order valence-corrected chi connectivity index (χ0v) is 11.2. The molecule has 98 valence electrons. The van der Waals surface area contributed by atoms with Gasteiger partial charge in [-0.25, -0.2) is 0 Å². The minimum absolute atomic E-state index is 0.256. The standard InChI is InChI=1S/C10H16N6OS/c1-3-16(4-2)5-7(11)9-12-10(17-14-9)8-6-18-15-13-8/h6-7H,3-5,11H2,1-2H3. The van der Waals surface area contributed by atoms with Gasteiger partial charge in [-0.05, 0) is 24.6 Å². The molecule has 0 radical (unpaired) electrons. The van der Waals surface area contributed by atoms with Gasteiger partial charge in [0.2, 0.25) is 0 Å². The van der Waals surface area contributed by atoms with Gasteiger partial charge in [0.1, 0.15) is 0 Å². The summed E-state index contributed by atoms with van der Waals surface area (Å²) < 4.78 is 8.88. The zero-order valence-electron chi connectivity index (χ0n) is 10.4. The van der Waals surface area contributed by atoms with Crippen LogP contribution in [-0.2, 0) is 0 Å². The lowest BCUT2D eigenvalue weighted by Crippen LogP contribution is -2.32. The number of nitrogens with zero attached hydrogens (tertiary/aromatic N) is 5. The van der Waals surface area contributed by atoms with Crippen molar-refractivity contribution in [2.24, 2.45) is 5.73 Å². The van der Waals surface area contributed by atoms with Crippen LogP contribution in [-0.4, -0.2) is 44.3 Å². The van der Waals surface area contributed by atoms with Crippen LogP contribution in [0.2, 0.25) is 0 Å². The predicted molar refractivity (Wildman–Crippen MR) is 67.9 cm³/mol. The van der Waals surface area contributed by atoms with E-state index in [0.29, 0.717) is 24.0 Å².